The van der Waals surface area contributed by atoms with Gasteiger partial charge >= 0.3 is 0 Å². The van der Waals surface area contributed by atoms with Gasteiger partial charge in [0.1, 0.15) is 0 Å². The molecule has 0 N–H and O–H groups in total. The van der Waals surface area contributed by atoms with Crippen molar-refractivity contribution >= 4 is 5.78 Å². The van der Waals surface area contributed by atoms with Crippen LogP contribution in [0, 0.1) is 0 Å². The number of carbonyl (C=O) groups excluding carboxylic acids is 1. The van der Waals surface area contributed by atoms with Crippen molar-refractivity contribution in [1.82, 2.24) is 9.55 Å². The van der Waals surface area contributed by atoms with Crippen LogP contribution < -0.4 is 0 Å². The summed E-state index contributed by atoms with van der Waals surface area (Å²) in [7, 11) is 0. The highest BCUT2D eigenvalue weighted by Crippen LogP contribution is 2.10. The van der Waals surface area contributed by atoms with Gasteiger partial charge in [0.25, 0.3) is 0 Å². The molecule has 102 valence electrons. The fraction of sp³-hybridized carbons (Fsp3) is 0.733. The summed E-state index contributed by atoms with van der Waals surface area (Å²) >= 11 is 0. The Morgan fingerprint density at radius 1 is 1.11 bits per heavy atom. The first kappa shape index (κ1) is 14.9. The minimum atomic E-state index is 0.198. The van der Waals surface area contributed by atoms with Crippen LogP contribution in [0.3, 0.4) is 0 Å². The number of ketones is 1. The second-order valence-electron chi connectivity index (χ2n) is 4.89. The Bertz CT molecular complexity index is 344. The molecule has 1 rings (SSSR count). The maximum Gasteiger partial charge on any atom is 0.198 e. The van der Waals surface area contributed by atoms with Crippen molar-refractivity contribution in [3.63, 3.8) is 0 Å². The summed E-state index contributed by atoms with van der Waals surface area (Å²) in [6.45, 7) is 5.22. The molecule has 1 aromatic heterocycles. The second-order valence-corrected chi connectivity index (χ2v) is 4.89. The molecule has 0 fully saturated rings. The molecular formula is C15H26N2O. The summed E-state index contributed by atoms with van der Waals surface area (Å²) in [6, 6.07) is 0. The molecule has 0 saturated carbocycles. The van der Waals surface area contributed by atoms with Crippen molar-refractivity contribution in [2.45, 2.75) is 71.8 Å². The third-order valence-electron chi connectivity index (χ3n) is 3.19. The Hall–Kier alpha value is -1.12. The van der Waals surface area contributed by atoms with Crippen LogP contribution in [-0.4, -0.2) is 15.3 Å². The summed E-state index contributed by atoms with van der Waals surface area (Å²) in [6.07, 6.45) is 12.6. The molecular weight excluding hydrogens is 224 g/mol. The van der Waals surface area contributed by atoms with Crippen LogP contribution in [0.4, 0.5) is 0 Å². The maximum absolute atomic E-state index is 12.0. The number of carbonyl (C=O) groups is 1. The van der Waals surface area contributed by atoms with E-state index in [1.165, 1.54) is 32.1 Å². The van der Waals surface area contributed by atoms with Crippen molar-refractivity contribution in [2.24, 2.45) is 0 Å². The highest BCUT2D eigenvalue weighted by molar-refractivity contribution is 5.92. The normalized spacial score (nSPS) is 10.8. The molecule has 0 aliphatic carbocycles. The maximum atomic E-state index is 12.0. The van der Waals surface area contributed by atoms with Gasteiger partial charge in [-0.3, -0.25) is 4.79 Å². The standard InChI is InChI=1S/C15H26N2O/c1-3-5-6-7-8-9-10-14(18)15-16-11-13-17(15)12-4-2/h11,13H,3-10,12H2,1-2H3. The predicted molar refractivity (Wildman–Crippen MR) is 74.8 cm³/mol. The van der Waals surface area contributed by atoms with Gasteiger partial charge in [-0.05, 0) is 12.8 Å². The van der Waals surface area contributed by atoms with Gasteiger partial charge in [-0.25, -0.2) is 4.98 Å². The molecule has 0 aliphatic heterocycles. The SMILES string of the molecule is CCCCCCCCC(=O)c1nccn1CCC. The van der Waals surface area contributed by atoms with Gasteiger partial charge in [0.05, 0.1) is 0 Å². The molecule has 1 heterocycles. The van der Waals surface area contributed by atoms with E-state index in [2.05, 4.69) is 18.8 Å². The van der Waals surface area contributed by atoms with Crippen molar-refractivity contribution in [1.29, 1.82) is 0 Å². The average Bonchev–Trinajstić information content (AvgIpc) is 2.82. The minimum absolute atomic E-state index is 0.198. The molecule has 0 aliphatic rings. The lowest BCUT2D eigenvalue weighted by molar-refractivity contribution is 0.0964. The van der Waals surface area contributed by atoms with Gasteiger partial charge in [-0.2, -0.15) is 0 Å². The Morgan fingerprint density at radius 3 is 2.56 bits per heavy atom. The Balaban J connectivity index is 2.25. The van der Waals surface area contributed by atoms with E-state index in [1.807, 2.05) is 10.8 Å². The zero-order valence-corrected chi connectivity index (χ0v) is 11.8. The third-order valence-corrected chi connectivity index (χ3v) is 3.19. The first-order valence-corrected chi connectivity index (χ1v) is 7.34. The zero-order chi connectivity index (χ0) is 13.2. The lowest BCUT2D eigenvalue weighted by Crippen LogP contribution is -2.10. The van der Waals surface area contributed by atoms with Crippen LogP contribution in [0.2, 0.25) is 0 Å². The second kappa shape index (κ2) is 8.90. The highest BCUT2D eigenvalue weighted by Gasteiger charge is 2.11. The van der Waals surface area contributed by atoms with Crippen molar-refractivity contribution in [3.05, 3.63) is 18.2 Å². The fourth-order valence-electron chi connectivity index (χ4n) is 2.16. The first-order chi connectivity index (χ1) is 8.79. The molecule has 0 bridgehead atoms. The molecule has 0 spiro atoms. The number of unbranched alkanes of at least 4 members (excludes halogenated alkanes) is 5. The fourth-order valence-corrected chi connectivity index (χ4v) is 2.16. The number of Topliss-reactive ketones (excluding diaryl/α,β-unsaturated/α-hetero) is 1. The van der Waals surface area contributed by atoms with Gasteiger partial charge in [0, 0.05) is 25.4 Å². The summed E-state index contributed by atoms with van der Waals surface area (Å²) in [4.78, 5) is 16.2. The Morgan fingerprint density at radius 2 is 1.83 bits per heavy atom. The van der Waals surface area contributed by atoms with E-state index in [0.717, 1.165) is 19.4 Å². The molecule has 0 radical (unpaired) electrons. The van der Waals surface area contributed by atoms with E-state index in [4.69, 9.17) is 0 Å². The van der Waals surface area contributed by atoms with Crippen molar-refractivity contribution < 1.29 is 4.79 Å². The number of imidazole rings is 1. The Labute approximate surface area is 111 Å². The van der Waals surface area contributed by atoms with E-state index in [-0.39, 0.29) is 5.78 Å². The molecule has 0 unspecified atom stereocenters. The molecule has 3 nitrogen and oxygen atoms in total. The van der Waals surface area contributed by atoms with Crippen molar-refractivity contribution in [3.8, 4) is 0 Å². The number of hydrogen-bond acceptors (Lipinski definition) is 2. The number of hydrogen-bond donors (Lipinski definition) is 0. The number of aryl methyl sites for hydroxylation is 1. The van der Waals surface area contributed by atoms with E-state index in [0.29, 0.717) is 12.2 Å². The molecule has 0 aromatic carbocycles. The van der Waals surface area contributed by atoms with Gasteiger partial charge in [0.15, 0.2) is 11.6 Å². The summed E-state index contributed by atoms with van der Waals surface area (Å²) in [5, 5.41) is 0. The minimum Gasteiger partial charge on any atom is -0.329 e. The molecule has 18 heavy (non-hydrogen) atoms. The number of aromatic nitrogens is 2. The predicted octanol–water partition coefficient (Wildman–Crippen LogP) is 4.23. The van der Waals surface area contributed by atoms with Crippen LogP contribution >= 0.6 is 0 Å². The van der Waals surface area contributed by atoms with Crippen molar-refractivity contribution in [2.75, 3.05) is 0 Å². The Kier molecular flexibility index (Phi) is 7.38. The summed E-state index contributed by atoms with van der Waals surface area (Å²) in [5.41, 5.74) is 0. The van der Waals surface area contributed by atoms with Gasteiger partial charge in [-0.1, -0.05) is 46.0 Å². The van der Waals surface area contributed by atoms with Gasteiger partial charge in [0.2, 0.25) is 0 Å². The number of rotatable bonds is 10. The van der Waals surface area contributed by atoms with Crippen LogP contribution in [0.25, 0.3) is 0 Å². The van der Waals surface area contributed by atoms with Gasteiger partial charge in [-0.15, -0.1) is 0 Å². The topological polar surface area (TPSA) is 34.9 Å². The van der Waals surface area contributed by atoms with Crippen LogP contribution in [0.15, 0.2) is 12.4 Å². The van der Waals surface area contributed by atoms with E-state index < -0.39 is 0 Å². The van der Waals surface area contributed by atoms with Gasteiger partial charge < -0.3 is 4.57 Å². The highest BCUT2D eigenvalue weighted by atomic mass is 16.1. The lowest BCUT2D eigenvalue weighted by atomic mass is 10.1. The smallest absolute Gasteiger partial charge is 0.198 e. The summed E-state index contributed by atoms with van der Waals surface area (Å²) in [5.74, 6) is 0.842. The van der Waals surface area contributed by atoms with E-state index in [9.17, 15) is 4.79 Å². The zero-order valence-electron chi connectivity index (χ0n) is 11.8. The number of nitrogens with zero attached hydrogens (tertiary/aromatic N) is 2. The third kappa shape index (κ3) is 5.03. The molecule has 0 saturated heterocycles. The molecule has 3 heteroatoms. The van der Waals surface area contributed by atoms with Crippen LogP contribution in [0.5, 0.6) is 0 Å². The quantitative estimate of drug-likeness (QED) is 0.460. The first-order valence-electron chi connectivity index (χ1n) is 7.34. The monoisotopic (exact) mass is 250 g/mol. The molecule has 0 amide bonds. The van der Waals surface area contributed by atoms with Crippen LogP contribution in [-0.2, 0) is 6.54 Å². The molecule has 0 atom stereocenters. The summed E-state index contributed by atoms with van der Waals surface area (Å²) < 4.78 is 1.97. The van der Waals surface area contributed by atoms with Crippen LogP contribution in [0.1, 0.15) is 75.8 Å². The van der Waals surface area contributed by atoms with E-state index in [1.54, 1.807) is 6.20 Å². The largest absolute Gasteiger partial charge is 0.329 e. The van der Waals surface area contributed by atoms with E-state index >= 15 is 0 Å². The molecule has 1 aromatic rings. The average molecular weight is 250 g/mol. The lowest BCUT2D eigenvalue weighted by Gasteiger charge is -2.05.